The number of carboxylic acid groups (broad SMARTS) is 1. The summed E-state index contributed by atoms with van der Waals surface area (Å²) in [6.45, 7) is 6.11. The third kappa shape index (κ3) is 4.58. The maximum absolute atomic E-state index is 13.1. The number of hydrogen-bond acceptors (Lipinski definition) is 5. The van der Waals surface area contributed by atoms with Crippen LogP contribution in [0.15, 0.2) is 42.6 Å². The SMILES string of the molecule is Cc1cc(N2C[C@H]3CN(S(=O)(=O)N(C)C)[C@H](c4ccccc4C)[C@H]3C2)ccn1.O=CO. The van der Waals surface area contributed by atoms with Crippen molar-refractivity contribution in [3.05, 3.63) is 59.4 Å². The average Bonchev–Trinajstić information content (AvgIpc) is 3.27. The van der Waals surface area contributed by atoms with Gasteiger partial charge in [-0.1, -0.05) is 24.3 Å². The Morgan fingerprint density at radius 3 is 2.42 bits per heavy atom. The number of nitrogens with zero attached hydrogens (tertiary/aromatic N) is 4. The minimum atomic E-state index is -3.48. The zero-order chi connectivity index (χ0) is 22.8. The Balaban J connectivity index is 0.000000858. The summed E-state index contributed by atoms with van der Waals surface area (Å²) in [7, 11) is -0.252. The number of aromatic nitrogens is 1. The lowest BCUT2D eigenvalue weighted by Gasteiger charge is -2.32. The van der Waals surface area contributed by atoms with E-state index < -0.39 is 10.2 Å². The minimum Gasteiger partial charge on any atom is -0.483 e. The van der Waals surface area contributed by atoms with Crippen LogP contribution in [0.2, 0.25) is 0 Å². The molecule has 0 saturated carbocycles. The van der Waals surface area contributed by atoms with Gasteiger partial charge in [0.2, 0.25) is 0 Å². The van der Waals surface area contributed by atoms with E-state index in [0.717, 1.165) is 29.9 Å². The van der Waals surface area contributed by atoms with Gasteiger partial charge in [0.25, 0.3) is 16.7 Å². The molecular weight excluding hydrogens is 416 g/mol. The van der Waals surface area contributed by atoms with Crippen LogP contribution in [0, 0.1) is 25.7 Å². The number of aryl methyl sites for hydroxylation is 2. The maximum atomic E-state index is 13.1. The van der Waals surface area contributed by atoms with Crippen molar-refractivity contribution in [2.24, 2.45) is 11.8 Å². The van der Waals surface area contributed by atoms with Crippen molar-refractivity contribution in [1.82, 2.24) is 13.6 Å². The molecule has 4 rings (SSSR count). The predicted molar refractivity (Wildman–Crippen MR) is 120 cm³/mol. The van der Waals surface area contributed by atoms with Gasteiger partial charge in [0, 0.05) is 57.2 Å². The number of fused-ring (bicyclic) bond motifs is 1. The van der Waals surface area contributed by atoms with Crippen LogP contribution in [0.3, 0.4) is 0 Å². The van der Waals surface area contributed by atoms with Crippen LogP contribution < -0.4 is 4.90 Å². The normalized spacial score (nSPS) is 23.4. The molecular formula is C22H30N4O4S. The number of rotatable bonds is 4. The van der Waals surface area contributed by atoms with E-state index in [2.05, 4.69) is 35.0 Å². The zero-order valence-electron chi connectivity index (χ0n) is 18.3. The van der Waals surface area contributed by atoms with Crippen molar-refractivity contribution in [3.63, 3.8) is 0 Å². The molecule has 168 valence electrons. The highest BCUT2D eigenvalue weighted by molar-refractivity contribution is 7.86. The molecule has 0 bridgehead atoms. The molecule has 2 fully saturated rings. The summed E-state index contributed by atoms with van der Waals surface area (Å²) in [5.74, 6) is 0.581. The number of carbonyl (C=O) groups is 1. The second-order valence-corrected chi connectivity index (χ2v) is 10.3. The Bertz CT molecular complexity index is 1030. The summed E-state index contributed by atoms with van der Waals surface area (Å²) in [5, 5.41) is 6.89. The highest BCUT2D eigenvalue weighted by atomic mass is 32.2. The summed E-state index contributed by atoms with van der Waals surface area (Å²) in [6, 6.07) is 12.2. The lowest BCUT2D eigenvalue weighted by atomic mass is 9.88. The standard InChI is InChI=1S/C21H28N4O2S.CH2O2/c1-15-7-5-6-8-19(15)21-20-14-24(18-9-10-22-16(2)11-18)12-17(20)13-25(21)28(26,27)23(3)4;2-1-3/h5-11,17,20-21H,12-14H2,1-4H3;1H,(H,2,3)/t17-,20-,21+;/m0./s1. The second kappa shape index (κ2) is 9.33. The van der Waals surface area contributed by atoms with Gasteiger partial charge in [-0.05, 0) is 43.0 Å². The molecule has 1 aromatic heterocycles. The molecule has 3 atom stereocenters. The van der Waals surface area contributed by atoms with Crippen LogP contribution in [0.25, 0.3) is 0 Å². The van der Waals surface area contributed by atoms with Gasteiger partial charge in [0.05, 0.1) is 6.04 Å². The molecule has 31 heavy (non-hydrogen) atoms. The molecule has 9 heteroatoms. The minimum absolute atomic E-state index is 0.133. The smallest absolute Gasteiger partial charge is 0.290 e. The third-order valence-electron chi connectivity index (χ3n) is 6.13. The van der Waals surface area contributed by atoms with Gasteiger partial charge in [-0.3, -0.25) is 9.78 Å². The van der Waals surface area contributed by atoms with Gasteiger partial charge in [-0.2, -0.15) is 17.0 Å². The van der Waals surface area contributed by atoms with Crippen LogP contribution in [0.5, 0.6) is 0 Å². The Kier molecular flexibility index (Phi) is 6.98. The Morgan fingerprint density at radius 2 is 1.81 bits per heavy atom. The van der Waals surface area contributed by atoms with E-state index in [1.165, 1.54) is 9.99 Å². The lowest BCUT2D eigenvalue weighted by Crippen LogP contribution is -2.42. The van der Waals surface area contributed by atoms with E-state index in [9.17, 15) is 8.42 Å². The van der Waals surface area contributed by atoms with Crippen molar-refractivity contribution < 1.29 is 18.3 Å². The highest BCUT2D eigenvalue weighted by Crippen LogP contribution is 2.48. The second-order valence-electron chi connectivity index (χ2n) is 8.25. The molecule has 0 aliphatic carbocycles. The first-order chi connectivity index (χ1) is 14.7. The quantitative estimate of drug-likeness (QED) is 0.725. The summed E-state index contributed by atoms with van der Waals surface area (Å²) >= 11 is 0. The van der Waals surface area contributed by atoms with E-state index in [0.29, 0.717) is 12.5 Å². The van der Waals surface area contributed by atoms with Crippen molar-refractivity contribution in [3.8, 4) is 0 Å². The lowest BCUT2D eigenvalue weighted by molar-refractivity contribution is -0.122. The van der Waals surface area contributed by atoms with E-state index in [4.69, 9.17) is 9.90 Å². The van der Waals surface area contributed by atoms with Crippen LogP contribution in [-0.2, 0) is 15.0 Å². The zero-order valence-corrected chi connectivity index (χ0v) is 19.2. The molecule has 2 aliphatic heterocycles. The maximum Gasteiger partial charge on any atom is 0.290 e. The fraction of sp³-hybridized carbons (Fsp3) is 0.455. The Labute approximate surface area is 184 Å². The summed E-state index contributed by atoms with van der Waals surface area (Å²) in [6.07, 6.45) is 1.85. The summed E-state index contributed by atoms with van der Waals surface area (Å²) in [5.41, 5.74) is 4.44. The van der Waals surface area contributed by atoms with Crippen molar-refractivity contribution in [2.75, 3.05) is 38.6 Å². The monoisotopic (exact) mass is 446 g/mol. The average molecular weight is 447 g/mol. The first-order valence-corrected chi connectivity index (χ1v) is 11.6. The van der Waals surface area contributed by atoms with Gasteiger partial charge in [-0.25, -0.2) is 0 Å². The van der Waals surface area contributed by atoms with Crippen molar-refractivity contribution in [1.29, 1.82) is 0 Å². The van der Waals surface area contributed by atoms with Crippen LogP contribution in [-0.4, -0.2) is 67.3 Å². The summed E-state index contributed by atoms with van der Waals surface area (Å²) in [4.78, 5) is 15.0. The highest BCUT2D eigenvalue weighted by Gasteiger charge is 2.52. The van der Waals surface area contributed by atoms with Crippen LogP contribution >= 0.6 is 0 Å². The van der Waals surface area contributed by atoms with Crippen LogP contribution in [0.4, 0.5) is 5.69 Å². The number of hydrogen-bond donors (Lipinski definition) is 1. The molecule has 3 heterocycles. The molecule has 8 nitrogen and oxygen atoms in total. The molecule has 0 amide bonds. The fourth-order valence-corrected chi connectivity index (χ4v) is 6.05. The molecule has 0 spiro atoms. The summed E-state index contributed by atoms with van der Waals surface area (Å²) < 4.78 is 29.2. The van der Waals surface area contributed by atoms with Gasteiger partial charge in [0.15, 0.2) is 0 Å². The molecule has 1 N–H and O–H groups in total. The van der Waals surface area contributed by atoms with Gasteiger partial charge in [-0.15, -0.1) is 0 Å². The third-order valence-corrected chi connectivity index (χ3v) is 8.02. The topological polar surface area (TPSA) is 94.1 Å². The van der Waals surface area contributed by atoms with E-state index >= 15 is 0 Å². The van der Waals surface area contributed by atoms with Crippen LogP contribution in [0.1, 0.15) is 22.9 Å². The first kappa shape index (κ1) is 23.2. The Hall–Kier alpha value is -2.49. The Morgan fingerprint density at radius 1 is 1.13 bits per heavy atom. The fourth-order valence-electron chi connectivity index (χ4n) is 4.70. The van der Waals surface area contributed by atoms with E-state index in [1.807, 2.05) is 31.3 Å². The molecule has 2 aromatic rings. The molecule has 2 saturated heterocycles. The van der Waals surface area contributed by atoms with Crippen molar-refractivity contribution in [2.45, 2.75) is 19.9 Å². The molecule has 2 aliphatic rings. The molecule has 0 unspecified atom stereocenters. The van der Waals surface area contributed by atoms with Gasteiger partial charge < -0.3 is 10.0 Å². The number of anilines is 1. The molecule has 1 aromatic carbocycles. The first-order valence-electron chi connectivity index (χ1n) is 10.2. The largest absolute Gasteiger partial charge is 0.483 e. The van der Waals surface area contributed by atoms with Crippen molar-refractivity contribution >= 4 is 22.4 Å². The van der Waals surface area contributed by atoms with Gasteiger partial charge in [0.1, 0.15) is 0 Å². The number of pyridine rings is 1. The molecule has 0 radical (unpaired) electrons. The van der Waals surface area contributed by atoms with E-state index in [1.54, 1.807) is 18.4 Å². The number of benzene rings is 1. The predicted octanol–water partition coefficient (Wildman–Crippen LogP) is 2.31. The van der Waals surface area contributed by atoms with Gasteiger partial charge >= 0.3 is 0 Å². The van der Waals surface area contributed by atoms with E-state index in [-0.39, 0.29) is 18.4 Å².